The maximum atomic E-state index is 12.4. The third-order valence-electron chi connectivity index (χ3n) is 2.59. The molecule has 22 heavy (non-hydrogen) atoms. The maximum Gasteiger partial charge on any atom is 0.534 e. The van der Waals surface area contributed by atoms with Crippen LogP contribution in [-0.2, 0) is 16.5 Å². The van der Waals surface area contributed by atoms with E-state index in [0.29, 0.717) is 5.16 Å². The van der Waals surface area contributed by atoms with Gasteiger partial charge in [0.2, 0.25) is 0 Å². The van der Waals surface area contributed by atoms with E-state index in [0.717, 1.165) is 6.07 Å². The van der Waals surface area contributed by atoms with E-state index in [4.69, 9.17) is 0 Å². The fourth-order valence-electron chi connectivity index (χ4n) is 1.55. The number of fused-ring (bicyclic) bond motifs is 1. The number of pyridine rings is 1. The first kappa shape index (κ1) is 16.7. The van der Waals surface area contributed by atoms with Gasteiger partial charge in [0.25, 0.3) is 0 Å². The van der Waals surface area contributed by atoms with Crippen molar-refractivity contribution in [3.63, 3.8) is 0 Å². The number of aryl methyl sites for hydroxylation is 1. The van der Waals surface area contributed by atoms with Crippen molar-refractivity contribution in [3.05, 3.63) is 18.0 Å². The van der Waals surface area contributed by atoms with Crippen molar-refractivity contribution < 1.29 is 25.8 Å². The highest BCUT2D eigenvalue weighted by molar-refractivity contribution is 7.98. The van der Waals surface area contributed by atoms with Gasteiger partial charge in [-0.1, -0.05) is 18.7 Å². The molecular formula is C11H10F3N3O3S2. The van der Waals surface area contributed by atoms with E-state index in [1.807, 2.05) is 0 Å². The van der Waals surface area contributed by atoms with Crippen LogP contribution in [0, 0.1) is 0 Å². The maximum absolute atomic E-state index is 12.4. The Morgan fingerprint density at radius 2 is 2.00 bits per heavy atom. The van der Waals surface area contributed by atoms with Crippen molar-refractivity contribution in [2.75, 3.05) is 6.26 Å². The molecule has 2 heterocycles. The summed E-state index contributed by atoms with van der Waals surface area (Å²) in [6.45, 7) is 1.61. The molecule has 0 N–H and O–H groups in total. The van der Waals surface area contributed by atoms with Gasteiger partial charge in [0.05, 0.1) is 5.69 Å². The molecule has 0 fully saturated rings. The topological polar surface area (TPSA) is 82.0 Å². The summed E-state index contributed by atoms with van der Waals surface area (Å²) in [6, 6.07) is 1.13. The zero-order valence-electron chi connectivity index (χ0n) is 11.4. The minimum absolute atomic E-state index is 0.0612. The molecule has 0 atom stereocenters. The lowest BCUT2D eigenvalue weighted by molar-refractivity contribution is -0.0500. The molecule has 2 rings (SSSR count). The highest BCUT2D eigenvalue weighted by atomic mass is 32.2. The van der Waals surface area contributed by atoms with E-state index in [1.54, 1.807) is 13.2 Å². The second-order valence-electron chi connectivity index (χ2n) is 4.04. The molecule has 0 bridgehead atoms. The second-order valence-corrected chi connectivity index (χ2v) is 6.35. The van der Waals surface area contributed by atoms with Crippen LogP contribution in [0.5, 0.6) is 5.75 Å². The van der Waals surface area contributed by atoms with Gasteiger partial charge in [-0.2, -0.15) is 21.6 Å². The molecule has 11 heteroatoms. The van der Waals surface area contributed by atoms with Crippen LogP contribution in [0.4, 0.5) is 13.2 Å². The van der Waals surface area contributed by atoms with Gasteiger partial charge in [0.15, 0.2) is 16.6 Å². The van der Waals surface area contributed by atoms with E-state index in [2.05, 4.69) is 19.1 Å². The summed E-state index contributed by atoms with van der Waals surface area (Å²) in [4.78, 5) is 12.1. The summed E-state index contributed by atoms with van der Waals surface area (Å²) >= 11 is 1.28. The predicted octanol–water partition coefficient (Wildman–Crippen LogP) is 2.54. The Morgan fingerprint density at radius 3 is 2.55 bits per heavy atom. The molecule has 2 aromatic rings. The highest BCUT2D eigenvalue weighted by Crippen LogP contribution is 2.30. The van der Waals surface area contributed by atoms with E-state index in [1.165, 1.54) is 18.0 Å². The fourth-order valence-corrected chi connectivity index (χ4v) is 2.37. The standard InChI is InChI=1S/C11H10F3N3O3S2/c1-3-7-8(20-22(18,19)11(12,13)14)4-6-5-15-10(21-2)17-9(6)16-7/h4-5H,3H2,1-2H3. The number of rotatable bonds is 4. The van der Waals surface area contributed by atoms with Gasteiger partial charge in [-0.15, -0.1) is 0 Å². The van der Waals surface area contributed by atoms with Gasteiger partial charge in [-0.25, -0.2) is 15.0 Å². The Balaban J connectivity index is 2.55. The average Bonchev–Trinajstić information content (AvgIpc) is 2.44. The Labute approximate surface area is 128 Å². The van der Waals surface area contributed by atoms with E-state index in [-0.39, 0.29) is 23.1 Å². The van der Waals surface area contributed by atoms with Crippen LogP contribution in [-0.4, -0.2) is 35.1 Å². The Bertz CT molecular complexity index is 809. The Morgan fingerprint density at radius 1 is 1.32 bits per heavy atom. The zero-order valence-corrected chi connectivity index (χ0v) is 13.0. The lowest BCUT2D eigenvalue weighted by Gasteiger charge is -2.12. The van der Waals surface area contributed by atoms with E-state index in [9.17, 15) is 21.6 Å². The molecule has 0 saturated heterocycles. The molecule has 0 aliphatic heterocycles. The quantitative estimate of drug-likeness (QED) is 0.361. The molecule has 0 saturated carbocycles. The fraction of sp³-hybridized carbons (Fsp3) is 0.364. The van der Waals surface area contributed by atoms with Gasteiger partial charge in [0, 0.05) is 11.6 Å². The van der Waals surface area contributed by atoms with Crippen molar-refractivity contribution in [2.24, 2.45) is 0 Å². The van der Waals surface area contributed by atoms with Gasteiger partial charge >= 0.3 is 15.6 Å². The minimum atomic E-state index is -5.75. The largest absolute Gasteiger partial charge is 0.534 e. The highest BCUT2D eigenvalue weighted by Gasteiger charge is 2.48. The summed E-state index contributed by atoms with van der Waals surface area (Å²) < 4.78 is 63.6. The summed E-state index contributed by atoms with van der Waals surface area (Å²) in [5, 5.41) is 0.723. The van der Waals surface area contributed by atoms with Crippen molar-refractivity contribution in [1.82, 2.24) is 15.0 Å². The van der Waals surface area contributed by atoms with Gasteiger partial charge in [-0.05, 0) is 18.7 Å². The van der Waals surface area contributed by atoms with Crippen molar-refractivity contribution in [3.8, 4) is 5.75 Å². The molecule has 0 aliphatic rings. The monoisotopic (exact) mass is 353 g/mol. The van der Waals surface area contributed by atoms with Crippen molar-refractivity contribution in [1.29, 1.82) is 0 Å². The van der Waals surface area contributed by atoms with Crippen LogP contribution in [0.15, 0.2) is 17.4 Å². The molecule has 0 unspecified atom stereocenters. The number of hydrogen-bond donors (Lipinski definition) is 0. The Hall–Kier alpha value is -1.62. The molecule has 0 spiro atoms. The third-order valence-corrected chi connectivity index (χ3v) is 4.11. The average molecular weight is 353 g/mol. The second kappa shape index (κ2) is 5.88. The first-order chi connectivity index (χ1) is 10.2. The molecule has 0 amide bonds. The number of halogens is 3. The van der Waals surface area contributed by atoms with Gasteiger partial charge < -0.3 is 4.18 Å². The van der Waals surface area contributed by atoms with Gasteiger partial charge in [-0.3, -0.25) is 0 Å². The van der Waals surface area contributed by atoms with Crippen LogP contribution < -0.4 is 4.18 Å². The number of hydrogen-bond acceptors (Lipinski definition) is 7. The number of nitrogens with zero attached hydrogens (tertiary/aromatic N) is 3. The zero-order chi connectivity index (χ0) is 16.5. The van der Waals surface area contributed by atoms with Crippen LogP contribution in [0.1, 0.15) is 12.6 Å². The molecule has 0 radical (unpaired) electrons. The normalized spacial score (nSPS) is 12.6. The first-order valence-corrected chi connectivity index (χ1v) is 8.52. The molecule has 0 aromatic carbocycles. The van der Waals surface area contributed by atoms with E-state index < -0.39 is 21.4 Å². The van der Waals surface area contributed by atoms with Crippen LogP contribution in [0.3, 0.4) is 0 Å². The smallest absolute Gasteiger partial charge is 0.374 e. The Kier molecular flexibility index (Phi) is 4.47. The minimum Gasteiger partial charge on any atom is -0.374 e. The predicted molar refractivity (Wildman–Crippen MR) is 74.1 cm³/mol. The molecule has 0 aliphatic carbocycles. The lowest BCUT2D eigenvalue weighted by atomic mass is 10.2. The summed E-state index contributed by atoms with van der Waals surface area (Å²) in [6.07, 6.45) is 3.28. The van der Waals surface area contributed by atoms with Crippen LogP contribution in [0.2, 0.25) is 0 Å². The third kappa shape index (κ3) is 3.24. The summed E-state index contributed by atoms with van der Waals surface area (Å²) in [7, 11) is -5.75. The van der Waals surface area contributed by atoms with Crippen molar-refractivity contribution in [2.45, 2.75) is 24.0 Å². The van der Waals surface area contributed by atoms with Crippen LogP contribution >= 0.6 is 11.8 Å². The number of aromatic nitrogens is 3. The molecule has 6 nitrogen and oxygen atoms in total. The summed E-state index contributed by atoms with van der Waals surface area (Å²) in [5.74, 6) is -0.479. The first-order valence-electron chi connectivity index (χ1n) is 5.89. The van der Waals surface area contributed by atoms with Crippen molar-refractivity contribution >= 4 is 32.9 Å². The lowest BCUT2D eigenvalue weighted by Crippen LogP contribution is -2.28. The van der Waals surface area contributed by atoms with Crippen LogP contribution in [0.25, 0.3) is 11.0 Å². The molecule has 120 valence electrons. The van der Waals surface area contributed by atoms with E-state index >= 15 is 0 Å². The summed E-state index contributed by atoms with van der Waals surface area (Å²) in [5.41, 5.74) is -5.19. The number of alkyl halides is 3. The number of thioether (sulfide) groups is 1. The van der Waals surface area contributed by atoms with Gasteiger partial charge in [0.1, 0.15) is 0 Å². The molecule has 2 aromatic heterocycles. The SMILES string of the molecule is CCc1nc2nc(SC)ncc2cc1OS(=O)(=O)C(F)(F)F. The molecular weight excluding hydrogens is 343 g/mol.